The number of nitrogens with one attached hydrogen (secondary N) is 1. The maximum absolute atomic E-state index is 12.0. The Hall–Kier alpha value is -0.500. The molecule has 0 aromatic carbocycles. The van der Waals surface area contributed by atoms with Crippen molar-refractivity contribution in [3.05, 3.63) is 17.0 Å². The maximum atomic E-state index is 12.0. The molecule has 0 aliphatic rings. The van der Waals surface area contributed by atoms with E-state index in [9.17, 15) is 8.42 Å². The molecule has 0 saturated heterocycles. The molecule has 0 fully saturated rings. The Kier molecular flexibility index (Phi) is 4.65. The van der Waals surface area contributed by atoms with Crippen molar-refractivity contribution in [3.8, 4) is 0 Å². The maximum Gasteiger partial charge on any atom is 0.250 e. The average Bonchev–Trinajstić information content (AvgIpc) is 2.65. The summed E-state index contributed by atoms with van der Waals surface area (Å²) in [5, 5.41) is 0. The Morgan fingerprint density at radius 2 is 2.00 bits per heavy atom. The van der Waals surface area contributed by atoms with Crippen LogP contribution in [-0.2, 0) is 10.0 Å². The predicted octanol–water partition coefficient (Wildman–Crippen LogP) is 1.71. The summed E-state index contributed by atoms with van der Waals surface area (Å²) < 4.78 is 26.9. The van der Waals surface area contributed by atoms with Gasteiger partial charge in [0.15, 0.2) is 0 Å². The molecule has 0 radical (unpaired) electrons. The number of thiophene rings is 1. The van der Waals surface area contributed by atoms with Gasteiger partial charge in [0.2, 0.25) is 10.0 Å². The van der Waals surface area contributed by atoms with Crippen LogP contribution in [0.4, 0.5) is 0 Å². The summed E-state index contributed by atoms with van der Waals surface area (Å²) >= 11 is 5.89. The zero-order chi connectivity index (χ0) is 13.2. The van der Waals surface area contributed by atoms with E-state index < -0.39 is 10.0 Å². The van der Waals surface area contributed by atoms with Crippen molar-refractivity contribution >= 4 is 38.6 Å². The van der Waals surface area contributed by atoms with Crippen LogP contribution in [0.3, 0.4) is 0 Å². The molecule has 1 heterocycles. The van der Waals surface area contributed by atoms with E-state index in [1.165, 1.54) is 6.07 Å². The van der Waals surface area contributed by atoms with E-state index in [1.807, 2.05) is 20.8 Å². The molecule has 1 unspecified atom stereocenters. The molecular formula is C10H16N2O2S3. The normalized spacial score (nSPS) is 13.9. The molecule has 0 aliphatic heterocycles. The highest BCUT2D eigenvalue weighted by Gasteiger charge is 2.21. The van der Waals surface area contributed by atoms with Gasteiger partial charge in [-0.1, -0.05) is 26.1 Å². The number of hydrogen-bond donors (Lipinski definition) is 2. The fourth-order valence-corrected chi connectivity index (χ4v) is 3.80. The molecule has 3 N–H and O–H groups in total. The molecule has 17 heavy (non-hydrogen) atoms. The van der Waals surface area contributed by atoms with Crippen LogP contribution in [0.1, 0.15) is 25.6 Å². The topological polar surface area (TPSA) is 72.2 Å². The summed E-state index contributed by atoms with van der Waals surface area (Å²) in [5.41, 5.74) is 5.45. The third-order valence-electron chi connectivity index (χ3n) is 2.43. The van der Waals surface area contributed by atoms with E-state index in [0.29, 0.717) is 4.88 Å². The molecule has 0 bridgehead atoms. The average molecular weight is 292 g/mol. The van der Waals surface area contributed by atoms with Gasteiger partial charge in [-0.25, -0.2) is 13.1 Å². The van der Waals surface area contributed by atoms with Crippen molar-refractivity contribution in [1.82, 2.24) is 4.72 Å². The lowest BCUT2D eigenvalue weighted by atomic mass is 10.1. The van der Waals surface area contributed by atoms with E-state index in [4.69, 9.17) is 18.0 Å². The van der Waals surface area contributed by atoms with Gasteiger partial charge in [-0.05, 0) is 25.0 Å². The van der Waals surface area contributed by atoms with Crippen LogP contribution in [0.25, 0.3) is 0 Å². The summed E-state index contributed by atoms with van der Waals surface area (Å²) in [5.74, 6) is 0.236. The van der Waals surface area contributed by atoms with E-state index in [2.05, 4.69) is 4.72 Å². The first-order valence-electron chi connectivity index (χ1n) is 5.16. The van der Waals surface area contributed by atoms with Gasteiger partial charge in [0.1, 0.15) is 9.20 Å². The standard InChI is InChI=1S/C10H16N2O2S3/c1-6(2)7(3)12-17(13,14)9-5-4-8(16-9)10(11)15/h4-7,12H,1-3H3,(H2,11,15). The molecule has 1 atom stereocenters. The van der Waals surface area contributed by atoms with E-state index in [0.717, 1.165) is 11.3 Å². The fourth-order valence-electron chi connectivity index (χ4n) is 1.04. The Morgan fingerprint density at radius 1 is 1.41 bits per heavy atom. The second kappa shape index (κ2) is 5.43. The van der Waals surface area contributed by atoms with Crippen LogP contribution in [0.15, 0.2) is 16.3 Å². The Bertz CT molecular complexity index is 505. The molecule has 0 aliphatic carbocycles. The van der Waals surface area contributed by atoms with Gasteiger partial charge in [-0.15, -0.1) is 11.3 Å². The van der Waals surface area contributed by atoms with Crippen LogP contribution < -0.4 is 10.5 Å². The first-order chi connectivity index (χ1) is 7.74. The van der Waals surface area contributed by atoms with Crippen molar-refractivity contribution < 1.29 is 8.42 Å². The van der Waals surface area contributed by atoms with Gasteiger partial charge in [-0.3, -0.25) is 0 Å². The molecule has 4 nitrogen and oxygen atoms in total. The summed E-state index contributed by atoms with van der Waals surface area (Å²) in [7, 11) is -3.46. The van der Waals surface area contributed by atoms with Crippen molar-refractivity contribution in [2.24, 2.45) is 11.7 Å². The third-order valence-corrected chi connectivity index (χ3v) is 5.95. The molecule has 1 aromatic rings. The Labute approximate surface area is 111 Å². The molecule has 96 valence electrons. The van der Waals surface area contributed by atoms with Crippen molar-refractivity contribution in [2.75, 3.05) is 0 Å². The summed E-state index contributed by atoms with van der Waals surface area (Å²) in [6, 6.07) is 3.03. The zero-order valence-electron chi connectivity index (χ0n) is 9.93. The number of sulfonamides is 1. The molecule has 7 heteroatoms. The predicted molar refractivity (Wildman–Crippen MR) is 74.8 cm³/mol. The summed E-state index contributed by atoms with van der Waals surface area (Å²) in [6.07, 6.45) is 0. The van der Waals surface area contributed by atoms with Gasteiger partial charge in [0.05, 0.1) is 4.88 Å². The third kappa shape index (κ3) is 3.74. The molecule has 0 spiro atoms. The highest BCUT2D eigenvalue weighted by atomic mass is 32.2. The van der Waals surface area contributed by atoms with E-state index in [-0.39, 0.29) is 21.2 Å². The monoisotopic (exact) mass is 292 g/mol. The van der Waals surface area contributed by atoms with E-state index >= 15 is 0 Å². The number of thiocarbonyl (C=S) groups is 1. The second-order valence-corrected chi connectivity index (χ2v) is 7.60. The lowest BCUT2D eigenvalue weighted by Crippen LogP contribution is -2.35. The second-order valence-electron chi connectivity index (χ2n) is 4.14. The first kappa shape index (κ1) is 14.6. The minimum atomic E-state index is -3.46. The molecule has 1 aromatic heterocycles. The molecule has 0 saturated carbocycles. The van der Waals surface area contributed by atoms with Gasteiger partial charge < -0.3 is 5.73 Å². The minimum Gasteiger partial charge on any atom is -0.389 e. The smallest absolute Gasteiger partial charge is 0.250 e. The highest BCUT2D eigenvalue weighted by Crippen LogP contribution is 2.22. The minimum absolute atomic E-state index is 0.115. The number of rotatable bonds is 5. The van der Waals surface area contributed by atoms with Crippen molar-refractivity contribution in [3.63, 3.8) is 0 Å². The summed E-state index contributed by atoms with van der Waals surface area (Å²) in [4.78, 5) is 0.825. The lowest BCUT2D eigenvalue weighted by molar-refractivity contribution is 0.477. The lowest BCUT2D eigenvalue weighted by Gasteiger charge is -2.16. The van der Waals surface area contributed by atoms with Crippen LogP contribution in [0, 0.1) is 5.92 Å². The van der Waals surface area contributed by atoms with Gasteiger partial charge in [0.25, 0.3) is 0 Å². The Balaban J connectivity index is 2.93. The van der Waals surface area contributed by atoms with Crippen LogP contribution in [0.5, 0.6) is 0 Å². The highest BCUT2D eigenvalue weighted by molar-refractivity contribution is 7.91. The molecule has 1 rings (SSSR count). The van der Waals surface area contributed by atoms with Crippen LogP contribution in [0.2, 0.25) is 0 Å². The Morgan fingerprint density at radius 3 is 2.41 bits per heavy atom. The van der Waals surface area contributed by atoms with Gasteiger partial charge in [0, 0.05) is 6.04 Å². The molecular weight excluding hydrogens is 276 g/mol. The van der Waals surface area contributed by atoms with Crippen molar-refractivity contribution in [1.29, 1.82) is 0 Å². The first-order valence-corrected chi connectivity index (χ1v) is 7.87. The largest absolute Gasteiger partial charge is 0.389 e. The quantitative estimate of drug-likeness (QED) is 0.810. The number of hydrogen-bond acceptors (Lipinski definition) is 4. The summed E-state index contributed by atoms with van der Waals surface area (Å²) in [6.45, 7) is 5.76. The van der Waals surface area contributed by atoms with Crippen molar-refractivity contribution in [2.45, 2.75) is 31.0 Å². The molecule has 0 amide bonds. The number of nitrogens with two attached hydrogens (primary N) is 1. The van der Waals surface area contributed by atoms with E-state index in [1.54, 1.807) is 6.07 Å². The zero-order valence-corrected chi connectivity index (χ0v) is 12.4. The van der Waals surface area contributed by atoms with Crippen LogP contribution >= 0.6 is 23.6 Å². The SMILES string of the molecule is CC(C)C(C)NS(=O)(=O)c1ccc(C(N)=S)s1. The fraction of sp³-hybridized carbons (Fsp3) is 0.500. The van der Waals surface area contributed by atoms with Crippen LogP contribution in [-0.4, -0.2) is 19.4 Å². The van der Waals surface area contributed by atoms with Gasteiger partial charge >= 0.3 is 0 Å². The van der Waals surface area contributed by atoms with Gasteiger partial charge in [-0.2, -0.15) is 0 Å².